The third-order valence-corrected chi connectivity index (χ3v) is 4.68. The molecule has 0 amide bonds. The van der Waals surface area contributed by atoms with Crippen molar-refractivity contribution in [1.82, 2.24) is 10.3 Å². The molecule has 1 aliphatic carbocycles. The van der Waals surface area contributed by atoms with Gasteiger partial charge in [-0.2, -0.15) is 0 Å². The van der Waals surface area contributed by atoms with E-state index in [0.717, 1.165) is 29.9 Å². The molecule has 1 aromatic carbocycles. The minimum atomic E-state index is -0.960. The summed E-state index contributed by atoms with van der Waals surface area (Å²) in [6.07, 6.45) is 5.52. The van der Waals surface area contributed by atoms with Crippen molar-refractivity contribution in [3.63, 3.8) is 0 Å². The molecule has 1 aromatic heterocycles. The summed E-state index contributed by atoms with van der Waals surface area (Å²) in [4.78, 5) is 13.5. The number of amidine groups is 1. The highest BCUT2D eigenvalue weighted by atomic mass is 15.4. The third kappa shape index (κ3) is 2.65. The maximum absolute atomic E-state index is 6.60. The van der Waals surface area contributed by atoms with E-state index >= 15 is 0 Å². The number of anilines is 1. The van der Waals surface area contributed by atoms with Gasteiger partial charge in [-0.25, -0.2) is 9.98 Å². The monoisotopic (exact) mass is 320 g/mol. The van der Waals surface area contributed by atoms with Gasteiger partial charge in [0.25, 0.3) is 0 Å². The van der Waals surface area contributed by atoms with Gasteiger partial charge in [0.1, 0.15) is 5.84 Å². The average molecular weight is 320 g/mol. The lowest BCUT2D eigenvalue weighted by Gasteiger charge is -2.33. The summed E-state index contributed by atoms with van der Waals surface area (Å²) in [6.45, 7) is 2.14. The van der Waals surface area contributed by atoms with Gasteiger partial charge in [0.15, 0.2) is 0 Å². The van der Waals surface area contributed by atoms with Gasteiger partial charge in [-0.15, -0.1) is 0 Å². The van der Waals surface area contributed by atoms with Crippen LogP contribution in [-0.4, -0.2) is 22.6 Å². The molecular weight excluding hydrogens is 300 g/mol. The summed E-state index contributed by atoms with van der Waals surface area (Å²) in [7, 11) is 0. The SMILES string of the molecule is CC1(C2(N)N=C(Nc3ccncc3)NC(c3ccccc3)=N2)CC1. The van der Waals surface area contributed by atoms with E-state index in [-0.39, 0.29) is 5.41 Å². The molecule has 2 aromatic rings. The van der Waals surface area contributed by atoms with Crippen LogP contribution in [0.3, 0.4) is 0 Å². The van der Waals surface area contributed by atoms with Crippen LogP contribution in [0.1, 0.15) is 25.3 Å². The maximum atomic E-state index is 6.60. The Morgan fingerprint density at radius 2 is 1.75 bits per heavy atom. The highest BCUT2D eigenvalue weighted by molar-refractivity contribution is 6.13. The van der Waals surface area contributed by atoms with Gasteiger partial charge >= 0.3 is 0 Å². The van der Waals surface area contributed by atoms with Gasteiger partial charge in [0.2, 0.25) is 11.7 Å². The van der Waals surface area contributed by atoms with Crippen LogP contribution in [0.2, 0.25) is 0 Å². The molecule has 6 heteroatoms. The second kappa shape index (κ2) is 5.42. The maximum Gasteiger partial charge on any atom is 0.213 e. The van der Waals surface area contributed by atoms with E-state index in [1.165, 1.54) is 0 Å². The van der Waals surface area contributed by atoms with Crippen molar-refractivity contribution in [2.24, 2.45) is 21.1 Å². The molecule has 0 bridgehead atoms. The number of hydrogen-bond acceptors (Lipinski definition) is 6. The molecule has 24 heavy (non-hydrogen) atoms. The summed E-state index contributed by atoms with van der Waals surface area (Å²) < 4.78 is 0. The second-order valence-corrected chi connectivity index (χ2v) is 6.56. The lowest BCUT2D eigenvalue weighted by atomic mass is 10.0. The molecular formula is C18H20N6. The number of rotatable bonds is 3. The fraction of sp³-hybridized carbons (Fsp3) is 0.278. The average Bonchev–Trinajstić information content (AvgIpc) is 3.36. The molecule has 1 atom stereocenters. The fourth-order valence-electron chi connectivity index (χ4n) is 2.72. The number of guanidine groups is 1. The number of nitrogens with one attached hydrogen (secondary N) is 2. The number of hydrogen-bond donors (Lipinski definition) is 3. The first kappa shape index (κ1) is 14.8. The molecule has 1 aliphatic heterocycles. The number of nitrogens with two attached hydrogens (primary N) is 1. The Balaban J connectivity index is 1.70. The van der Waals surface area contributed by atoms with Gasteiger partial charge in [0, 0.05) is 29.1 Å². The van der Waals surface area contributed by atoms with Crippen LogP contribution in [0.4, 0.5) is 5.69 Å². The van der Waals surface area contributed by atoms with E-state index in [2.05, 4.69) is 27.5 Å². The third-order valence-electron chi connectivity index (χ3n) is 4.68. The Hall–Kier alpha value is -2.73. The van der Waals surface area contributed by atoms with Gasteiger partial charge < -0.3 is 10.6 Å². The number of benzene rings is 1. The molecule has 0 radical (unpaired) electrons. The van der Waals surface area contributed by atoms with Crippen LogP contribution in [0.5, 0.6) is 0 Å². The quantitative estimate of drug-likeness (QED) is 0.810. The predicted octanol–water partition coefficient (Wildman–Crippen LogP) is 2.31. The molecule has 0 saturated heterocycles. The predicted molar refractivity (Wildman–Crippen MR) is 95.7 cm³/mol. The second-order valence-electron chi connectivity index (χ2n) is 6.56. The topological polar surface area (TPSA) is 87.7 Å². The van der Waals surface area contributed by atoms with E-state index in [9.17, 15) is 0 Å². The van der Waals surface area contributed by atoms with Crippen LogP contribution < -0.4 is 16.4 Å². The number of aromatic nitrogens is 1. The van der Waals surface area contributed by atoms with Crippen LogP contribution in [0, 0.1) is 5.41 Å². The van der Waals surface area contributed by atoms with Crippen LogP contribution in [0.25, 0.3) is 0 Å². The highest BCUT2D eigenvalue weighted by Crippen LogP contribution is 2.54. The Morgan fingerprint density at radius 1 is 1.04 bits per heavy atom. The van der Waals surface area contributed by atoms with Gasteiger partial charge in [-0.05, 0) is 25.0 Å². The highest BCUT2D eigenvalue weighted by Gasteiger charge is 2.56. The van der Waals surface area contributed by atoms with E-state index in [1.807, 2.05) is 42.5 Å². The molecule has 4 rings (SSSR count). The molecule has 122 valence electrons. The van der Waals surface area contributed by atoms with E-state index < -0.39 is 5.79 Å². The molecule has 1 unspecified atom stereocenters. The first-order valence-electron chi connectivity index (χ1n) is 8.06. The smallest absolute Gasteiger partial charge is 0.213 e. The first-order chi connectivity index (χ1) is 11.6. The zero-order valence-electron chi connectivity index (χ0n) is 13.5. The van der Waals surface area contributed by atoms with Crippen molar-refractivity contribution in [3.05, 3.63) is 60.4 Å². The first-order valence-corrected chi connectivity index (χ1v) is 8.06. The molecule has 2 aliphatic rings. The summed E-state index contributed by atoms with van der Waals surface area (Å²) in [6, 6.07) is 13.7. The largest absolute Gasteiger partial charge is 0.326 e. The van der Waals surface area contributed by atoms with Gasteiger partial charge in [-0.1, -0.05) is 37.3 Å². The van der Waals surface area contributed by atoms with E-state index in [4.69, 9.17) is 10.7 Å². The standard InChI is InChI=1S/C18H20N6/c1-17(9-10-17)18(19)23-15(13-5-3-2-4-6-13)22-16(24-18)21-14-7-11-20-12-8-14/h2-8,11-12H,9-10,19H2,1H3,(H2,20,21,22,23,24). The van der Waals surface area contributed by atoms with Crippen molar-refractivity contribution in [1.29, 1.82) is 0 Å². The molecule has 0 spiro atoms. The minimum absolute atomic E-state index is 0.0969. The number of nitrogens with zero attached hydrogens (tertiary/aromatic N) is 3. The molecule has 1 saturated carbocycles. The van der Waals surface area contributed by atoms with Crippen molar-refractivity contribution in [2.75, 3.05) is 5.32 Å². The fourth-order valence-corrected chi connectivity index (χ4v) is 2.72. The van der Waals surface area contributed by atoms with Gasteiger partial charge in [-0.3, -0.25) is 10.7 Å². The zero-order valence-corrected chi connectivity index (χ0v) is 13.5. The van der Waals surface area contributed by atoms with Crippen LogP contribution >= 0.6 is 0 Å². The Kier molecular flexibility index (Phi) is 3.35. The summed E-state index contributed by atoms with van der Waals surface area (Å²) in [5.41, 5.74) is 8.39. The Labute approximate surface area is 140 Å². The van der Waals surface area contributed by atoms with E-state index in [0.29, 0.717) is 5.96 Å². The lowest BCUT2D eigenvalue weighted by Crippen LogP contribution is -2.53. The van der Waals surface area contributed by atoms with Crippen molar-refractivity contribution in [3.8, 4) is 0 Å². The van der Waals surface area contributed by atoms with Gasteiger partial charge in [0.05, 0.1) is 0 Å². The molecule has 1 fully saturated rings. The number of pyridine rings is 1. The summed E-state index contributed by atoms with van der Waals surface area (Å²) in [5.74, 6) is 0.377. The van der Waals surface area contributed by atoms with E-state index in [1.54, 1.807) is 12.4 Å². The lowest BCUT2D eigenvalue weighted by molar-refractivity contribution is 0.288. The molecule has 2 heterocycles. The van der Waals surface area contributed by atoms with Crippen molar-refractivity contribution in [2.45, 2.75) is 25.6 Å². The zero-order chi connectivity index (χ0) is 16.6. The van der Waals surface area contributed by atoms with Crippen LogP contribution in [0.15, 0.2) is 64.8 Å². The minimum Gasteiger partial charge on any atom is -0.326 e. The Bertz CT molecular complexity index is 795. The van der Waals surface area contributed by atoms with Crippen LogP contribution in [-0.2, 0) is 0 Å². The number of aliphatic imine (C=N–C) groups is 2. The normalized spacial score (nSPS) is 24.4. The van der Waals surface area contributed by atoms with Crippen molar-refractivity contribution >= 4 is 17.5 Å². The van der Waals surface area contributed by atoms with Crippen molar-refractivity contribution < 1.29 is 0 Å². The summed E-state index contributed by atoms with van der Waals surface area (Å²) >= 11 is 0. The Morgan fingerprint density at radius 3 is 2.42 bits per heavy atom. The molecule has 4 N–H and O–H groups in total. The molecule has 6 nitrogen and oxygen atoms in total. The summed E-state index contributed by atoms with van der Waals surface area (Å²) in [5, 5.41) is 6.54.